The summed E-state index contributed by atoms with van der Waals surface area (Å²) in [6, 6.07) is 0.551. The second kappa shape index (κ2) is 7.46. The largest absolute Gasteiger partial charge is 0.394 e. The molecule has 3 unspecified atom stereocenters. The summed E-state index contributed by atoms with van der Waals surface area (Å²) in [5.74, 6) is 0.876. The van der Waals surface area contributed by atoms with Crippen LogP contribution in [-0.4, -0.2) is 47.8 Å². The number of likely N-dealkylation sites (N-methyl/N-ethyl adjacent to an activating group) is 1. The van der Waals surface area contributed by atoms with Gasteiger partial charge in [0, 0.05) is 18.1 Å². The maximum absolute atomic E-state index is 9.58. The van der Waals surface area contributed by atoms with E-state index < -0.39 is 0 Å². The topological polar surface area (TPSA) is 35.5 Å². The van der Waals surface area contributed by atoms with Crippen LogP contribution in [0.15, 0.2) is 0 Å². The first-order valence-electron chi connectivity index (χ1n) is 7.64. The highest BCUT2D eigenvalue weighted by atomic mass is 16.3. The number of hydrogen-bond donors (Lipinski definition) is 2. The van der Waals surface area contributed by atoms with E-state index in [9.17, 15) is 5.11 Å². The smallest absolute Gasteiger partial charge is 0.0611 e. The zero-order valence-corrected chi connectivity index (χ0v) is 12.7. The van der Waals surface area contributed by atoms with E-state index >= 15 is 0 Å². The first-order valence-corrected chi connectivity index (χ1v) is 7.64. The lowest BCUT2D eigenvalue weighted by Gasteiger charge is -2.40. The molecule has 1 aliphatic heterocycles. The highest BCUT2D eigenvalue weighted by Crippen LogP contribution is 2.24. The maximum Gasteiger partial charge on any atom is 0.0611 e. The van der Waals surface area contributed by atoms with E-state index in [0.29, 0.717) is 6.04 Å². The molecule has 0 aromatic rings. The fourth-order valence-corrected chi connectivity index (χ4v) is 3.23. The number of likely N-dealkylation sites (tertiary alicyclic amines) is 1. The van der Waals surface area contributed by atoms with Crippen LogP contribution in [0.5, 0.6) is 0 Å². The van der Waals surface area contributed by atoms with Crippen LogP contribution in [-0.2, 0) is 0 Å². The van der Waals surface area contributed by atoms with Crippen molar-refractivity contribution in [3.8, 4) is 0 Å². The normalized spacial score (nSPS) is 26.8. The Bertz CT molecular complexity index is 235. The molecule has 0 amide bonds. The maximum atomic E-state index is 9.58. The van der Waals surface area contributed by atoms with Crippen LogP contribution in [0.25, 0.3) is 0 Å². The van der Waals surface area contributed by atoms with Gasteiger partial charge in [0.1, 0.15) is 0 Å². The lowest BCUT2D eigenvalue weighted by atomic mass is 9.90. The molecule has 3 heteroatoms. The summed E-state index contributed by atoms with van der Waals surface area (Å²) in [6.45, 7) is 12.5. The number of hydrogen-bond acceptors (Lipinski definition) is 3. The van der Waals surface area contributed by atoms with E-state index in [0.717, 1.165) is 18.9 Å². The molecule has 1 fully saturated rings. The third-order valence-corrected chi connectivity index (χ3v) is 4.45. The minimum absolute atomic E-state index is 0.132. The number of rotatable bonds is 7. The van der Waals surface area contributed by atoms with Gasteiger partial charge in [-0.3, -0.25) is 0 Å². The fourth-order valence-electron chi connectivity index (χ4n) is 3.23. The molecule has 1 heterocycles. The summed E-state index contributed by atoms with van der Waals surface area (Å²) in [5.41, 5.74) is -0.132. The van der Waals surface area contributed by atoms with Crippen LogP contribution < -0.4 is 5.32 Å². The van der Waals surface area contributed by atoms with Crippen LogP contribution in [0.3, 0.4) is 0 Å². The van der Waals surface area contributed by atoms with E-state index in [2.05, 4.69) is 37.9 Å². The van der Waals surface area contributed by atoms with Gasteiger partial charge < -0.3 is 15.3 Å². The zero-order chi connectivity index (χ0) is 13.6. The van der Waals surface area contributed by atoms with Gasteiger partial charge in [-0.15, -0.1) is 0 Å². The monoisotopic (exact) mass is 256 g/mol. The van der Waals surface area contributed by atoms with Crippen LogP contribution >= 0.6 is 0 Å². The van der Waals surface area contributed by atoms with Gasteiger partial charge in [0.15, 0.2) is 0 Å². The van der Waals surface area contributed by atoms with Crippen molar-refractivity contribution in [3.05, 3.63) is 0 Å². The SMILES string of the molecule is CCNC(C)(CO)CC(C)N1CCCC(CC)C1. The summed E-state index contributed by atoms with van der Waals surface area (Å²) in [6.07, 6.45) is 5.05. The Morgan fingerprint density at radius 2 is 2.17 bits per heavy atom. The van der Waals surface area contributed by atoms with Gasteiger partial charge >= 0.3 is 0 Å². The van der Waals surface area contributed by atoms with Crippen molar-refractivity contribution >= 4 is 0 Å². The number of aliphatic hydroxyl groups excluding tert-OH is 1. The average molecular weight is 256 g/mol. The Morgan fingerprint density at radius 1 is 1.44 bits per heavy atom. The Hall–Kier alpha value is -0.120. The molecule has 1 rings (SSSR count). The van der Waals surface area contributed by atoms with Gasteiger partial charge in [0.05, 0.1) is 6.61 Å². The third kappa shape index (κ3) is 4.52. The number of piperidine rings is 1. The molecule has 3 nitrogen and oxygen atoms in total. The molecule has 0 saturated carbocycles. The minimum atomic E-state index is -0.132. The Kier molecular flexibility index (Phi) is 6.61. The second-order valence-corrected chi connectivity index (χ2v) is 6.21. The summed E-state index contributed by atoms with van der Waals surface area (Å²) in [7, 11) is 0. The molecule has 0 aromatic carbocycles. The zero-order valence-electron chi connectivity index (χ0n) is 12.7. The molecular formula is C15H32N2O. The average Bonchev–Trinajstić information content (AvgIpc) is 2.39. The number of aliphatic hydroxyl groups is 1. The summed E-state index contributed by atoms with van der Waals surface area (Å²) in [4.78, 5) is 2.61. The molecule has 0 bridgehead atoms. The van der Waals surface area contributed by atoms with E-state index in [4.69, 9.17) is 0 Å². The van der Waals surface area contributed by atoms with Gasteiger partial charge in [0.25, 0.3) is 0 Å². The predicted molar refractivity (Wildman–Crippen MR) is 77.8 cm³/mol. The lowest BCUT2D eigenvalue weighted by Crippen LogP contribution is -2.52. The lowest BCUT2D eigenvalue weighted by molar-refractivity contribution is 0.0843. The summed E-state index contributed by atoms with van der Waals surface area (Å²) < 4.78 is 0. The third-order valence-electron chi connectivity index (χ3n) is 4.45. The van der Waals surface area contributed by atoms with Crippen molar-refractivity contribution in [1.82, 2.24) is 10.2 Å². The van der Waals surface area contributed by atoms with Gasteiger partial charge in [-0.1, -0.05) is 20.3 Å². The van der Waals surface area contributed by atoms with Crippen molar-refractivity contribution in [1.29, 1.82) is 0 Å². The van der Waals surface area contributed by atoms with Crippen molar-refractivity contribution in [2.45, 2.75) is 65.0 Å². The molecule has 0 radical (unpaired) electrons. The van der Waals surface area contributed by atoms with E-state index in [1.165, 1.54) is 32.4 Å². The highest BCUT2D eigenvalue weighted by molar-refractivity contribution is 4.88. The molecule has 0 aliphatic carbocycles. The molecule has 0 aromatic heterocycles. The van der Waals surface area contributed by atoms with Crippen LogP contribution in [0.4, 0.5) is 0 Å². The standard InChI is InChI=1S/C15H32N2O/c1-5-14-8-7-9-17(11-14)13(3)10-15(4,12-18)16-6-2/h13-14,16,18H,5-12H2,1-4H3. The van der Waals surface area contributed by atoms with Crippen LogP contribution in [0, 0.1) is 5.92 Å². The fraction of sp³-hybridized carbons (Fsp3) is 1.00. The van der Waals surface area contributed by atoms with Crippen molar-refractivity contribution < 1.29 is 5.11 Å². The van der Waals surface area contributed by atoms with Crippen molar-refractivity contribution in [3.63, 3.8) is 0 Å². The molecule has 0 spiro atoms. The van der Waals surface area contributed by atoms with Crippen LogP contribution in [0.2, 0.25) is 0 Å². The molecule has 3 atom stereocenters. The first kappa shape index (κ1) is 15.9. The van der Waals surface area contributed by atoms with Gasteiger partial charge in [0.2, 0.25) is 0 Å². The van der Waals surface area contributed by atoms with E-state index in [1.807, 2.05) is 0 Å². The Morgan fingerprint density at radius 3 is 2.72 bits per heavy atom. The van der Waals surface area contributed by atoms with Gasteiger partial charge in [-0.05, 0) is 52.1 Å². The molecule has 1 saturated heterocycles. The molecule has 1 aliphatic rings. The van der Waals surface area contributed by atoms with Crippen molar-refractivity contribution in [2.24, 2.45) is 5.92 Å². The minimum Gasteiger partial charge on any atom is -0.394 e. The number of nitrogens with zero attached hydrogens (tertiary/aromatic N) is 1. The Balaban J connectivity index is 2.50. The Labute approximate surface area is 113 Å². The summed E-state index contributed by atoms with van der Waals surface area (Å²) in [5, 5.41) is 13.0. The van der Waals surface area contributed by atoms with Crippen LogP contribution in [0.1, 0.15) is 53.4 Å². The molecule has 18 heavy (non-hydrogen) atoms. The predicted octanol–water partition coefficient (Wildman–Crippen LogP) is 2.25. The number of nitrogens with one attached hydrogen (secondary N) is 1. The molecule has 108 valence electrons. The molecule has 2 N–H and O–H groups in total. The molecular weight excluding hydrogens is 224 g/mol. The van der Waals surface area contributed by atoms with Crippen molar-refractivity contribution in [2.75, 3.05) is 26.2 Å². The highest BCUT2D eigenvalue weighted by Gasteiger charge is 2.29. The second-order valence-electron chi connectivity index (χ2n) is 6.21. The van der Waals surface area contributed by atoms with Gasteiger partial charge in [-0.25, -0.2) is 0 Å². The quantitative estimate of drug-likeness (QED) is 0.733. The summed E-state index contributed by atoms with van der Waals surface area (Å²) >= 11 is 0. The van der Waals surface area contributed by atoms with Gasteiger partial charge in [-0.2, -0.15) is 0 Å². The van der Waals surface area contributed by atoms with E-state index in [-0.39, 0.29) is 12.1 Å². The first-order chi connectivity index (χ1) is 8.54. The van der Waals surface area contributed by atoms with E-state index in [1.54, 1.807) is 0 Å².